The van der Waals surface area contributed by atoms with Crippen molar-refractivity contribution in [2.24, 2.45) is 5.10 Å². The van der Waals surface area contributed by atoms with Crippen molar-refractivity contribution in [3.05, 3.63) is 83.7 Å². The molecule has 1 atom stereocenters. The highest BCUT2D eigenvalue weighted by molar-refractivity contribution is 6.04. The molecule has 1 aliphatic rings. The van der Waals surface area contributed by atoms with Gasteiger partial charge in [0.1, 0.15) is 29.6 Å². The van der Waals surface area contributed by atoms with Crippen LogP contribution in [0.4, 0.5) is 14.9 Å². The summed E-state index contributed by atoms with van der Waals surface area (Å²) in [5, 5.41) is 8.65. The zero-order valence-electron chi connectivity index (χ0n) is 23.4. The molecule has 0 saturated heterocycles. The van der Waals surface area contributed by atoms with Crippen molar-refractivity contribution in [3.63, 3.8) is 0 Å². The van der Waals surface area contributed by atoms with Gasteiger partial charge in [0.15, 0.2) is 0 Å². The molecule has 1 aliphatic heterocycles. The fraction of sp³-hybridized carbons (Fsp3) is 0.300. The molecule has 0 radical (unpaired) electrons. The van der Waals surface area contributed by atoms with Crippen LogP contribution < -0.4 is 19.5 Å². The first-order valence-corrected chi connectivity index (χ1v) is 12.9. The van der Waals surface area contributed by atoms with Crippen LogP contribution in [0.2, 0.25) is 0 Å². The molecular weight excluding hydrogens is 531 g/mol. The summed E-state index contributed by atoms with van der Waals surface area (Å²) in [4.78, 5) is 28.5. The van der Waals surface area contributed by atoms with E-state index >= 15 is 0 Å². The minimum absolute atomic E-state index is 0.133. The lowest BCUT2D eigenvalue weighted by molar-refractivity contribution is -0.133. The van der Waals surface area contributed by atoms with Gasteiger partial charge in [-0.2, -0.15) is 5.10 Å². The van der Waals surface area contributed by atoms with E-state index in [2.05, 4.69) is 10.4 Å². The van der Waals surface area contributed by atoms with E-state index in [9.17, 15) is 14.0 Å². The Morgan fingerprint density at radius 2 is 1.71 bits per heavy atom. The Labute approximate surface area is 238 Å². The Balaban J connectivity index is 1.67. The third-order valence-electron chi connectivity index (χ3n) is 6.67. The van der Waals surface area contributed by atoms with Crippen LogP contribution in [0.3, 0.4) is 0 Å². The average molecular weight is 565 g/mol. The predicted octanol–water partition coefficient (Wildman–Crippen LogP) is 4.71. The van der Waals surface area contributed by atoms with Crippen molar-refractivity contribution in [1.29, 1.82) is 0 Å². The summed E-state index contributed by atoms with van der Waals surface area (Å²) in [6, 6.07) is 17.3. The number of carbonyl (C=O) groups excluding carboxylic acids is 2. The number of benzene rings is 3. The molecule has 1 heterocycles. The number of amides is 3. The van der Waals surface area contributed by atoms with Gasteiger partial charge in [0, 0.05) is 31.2 Å². The summed E-state index contributed by atoms with van der Waals surface area (Å²) >= 11 is 0. The van der Waals surface area contributed by atoms with Crippen LogP contribution in [0.1, 0.15) is 23.6 Å². The molecular formula is C30H33FN4O6. The fourth-order valence-corrected chi connectivity index (χ4v) is 4.57. The van der Waals surface area contributed by atoms with Gasteiger partial charge in [-0.1, -0.05) is 30.3 Å². The molecule has 0 aromatic heterocycles. The number of nitrogens with zero attached hydrogens (tertiary/aromatic N) is 3. The van der Waals surface area contributed by atoms with Gasteiger partial charge in [-0.15, -0.1) is 0 Å². The molecule has 11 heteroatoms. The summed E-state index contributed by atoms with van der Waals surface area (Å²) in [5.74, 6) is 0.629. The SMILES string of the molecule is COCCN(CC(=O)N1N=C(c2ccccc2F)C[C@@H]1c1cc(OC)ccc1OC)C(=O)Nc1ccccc1OC. The van der Waals surface area contributed by atoms with Crippen LogP contribution in [0.5, 0.6) is 17.2 Å². The van der Waals surface area contributed by atoms with Gasteiger partial charge in [0.05, 0.1) is 45.4 Å². The molecule has 0 spiro atoms. The van der Waals surface area contributed by atoms with Crippen molar-refractivity contribution in [2.45, 2.75) is 12.5 Å². The quantitative estimate of drug-likeness (QED) is 0.362. The maximum absolute atomic E-state index is 14.8. The number of urea groups is 1. The highest BCUT2D eigenvalue weighted by Gasteiger charge is 2.37. The number of nitrogens with one attached hydrogen (secondary N) is 1. The maximum atomic E-state index is 14.8. The molecule has 0 aliphatic carbocycles. The normalized spacial score (nSPS) is 14.3. The lowest BCUT2D eigenvalue weighted by Crippen LogP contribution is -2.44. The van der Waals surface area contributed by atoms with E-state index in [1.165, 1.54) is 37.3 Å². The van der Waals surface area contributed by atoms with E-state index < -0.39 is 23.8 Å². The minimum Gasteiger partial charge on any atom is -0.497 e. The van der Waals surface area contributed by atoms with Crippen LogP contribution >= 0.6 is 0 Å². The number of hydrogen-bond acceptors (Lipinski definition) is 7. The smallest absolute Gasteiger partial charge is 0.322 e. The highest BCUT2D eigenvalue weighted by Crippen LogP contribution is 2.39. The number of hydrogen-bond donors (Lipinski definition) is 1. The zero-order chi connectivity index (χ0) is 29.4. The average Bonchev–Trinajstić information content (AvgIpc) is 3.44. The van der Waals surface area contributed by atoms with Crippen molar-refractivity contribution < 1.29 is 32.9 Å². The van der Waals surface area contributed by atoms with Crippen LogP contribution in [0, 0.1) is 5.82 Å². The number of halogens is 1. The van der Waals surface area contributed by atoms with Crippen LogP contribution in [-0.2, 0) is 9.53 Å². The van der Waals surface area contributed by atoms with Crippen LogP contribution in [-0.4, -0.2) is 75.7 Å². The number of hydrazone groups is 1. The van der Waals surface area contributed by atoms with E-state index in [1.807, 2.05) is 0 Å². The predicted molar refractivity (Wildman–Crippen MR) is 152 cm³/mol. The molecule has 4 rings (SSSR count). The molecule has 0 bridgehead atoms. The fourth-order valence-electron chi connectivity index (χ4n) is 4.57. The number of methoxy groups -OCH3 is 4. The summed E-state index contributed by atoms with van der Waals surface area (Å²) < 4.78 is 36.3. The standard InChI is InChI=1S/C30H33FN4O6/c1-38-16-15-34(30(37)32-24-11-7-8-12-28(24)41-4)19-29(36)35-26(22-17-20(39-2)13-14-27(22)40-3)18-25(33-35)21-9-5-6-10-23(21)31/h5-14,17,26H,15-16,18-19H2,1-4H3,(H,32,37)/t26-/m1/s1. The van der Waals surface area contributed by atoms with Crippen molar-refractivity contribution in [3.8, 4) is 17.2 Å². The van der Waals surface area contributed by atoms with Gasteiger partial charge in [-0.3, -0.25) is 4.79 Å². The second-order valence-electron chi connectivity index (χ2n) is 9.14. The minimum atomic E-state index is -0.635. The number of ether oxygens (including phenoxy) is 4. The second kappa shape index (κ2) is 13.6. The van der Waals surface area contributed by atoms with Gasteiger partial charge in [-0.25, -0.2) is 14.2 Å². The molecule has 3 aromatic carbocycles. The van der Waals surface area contributed by atoms with Crippen molar-refractivity contribution in [2.75, 3.05) is 53.5 Å². The molecule has 3 aromatic rings. The van der Waals surface area contributed by atoms with Crippen LogP contribution in [0.15, 0.2) is 71.8 Å². The van der Waals surface area contributed by atoms with E-state index in [0.717, 1.165) is 0 Å². The second-order valence-corrected chi connectivity index (χ2v) is 9.14. The summed E-state index contributed by atoms with van der Waals surface area (Å²) in [6.45, 7) is 0.0127. The molecule has 0 fully saturated rings. The molecule has 10 nitrogen and oxygen atoms in total. The van der Waals surface area contributed by atoms with E-state index in [4.69, 9.17) is 18.9 Å². The van der Waals surface area contributed by atoms with Crippen LogP contribution in [0.25, 0.3) is 0 Å². The number of carbonyl (C=O) groups is 2. The maximum Gasteiger partial charge on any atom is 0.322 e. The molecule has 216 valence electrons. The third-order valence-corrected chi connectivity index (χ3v) is 6.67. The Morgan fingerprint density at radius 3 is 2.41 bits per heavy atom. The summed E-state index contributed by atoms with van der Waals surface area (Å²) in [7, 11) is 6.08. The third kappa shape index (κ3) is 6.75. The Bertz CT molecular complexity index is 1420. The Morgan fingerprint density at radius 1 is 0.976 bits per heavy atom. The van der Waals surface area contributed by atoms with Crippen molar-refractivity contribution >= 4 is 23.3 Å². The van der Waals surface area contributed by atoms with E-state index in [-0.39, 0.29) is 26.1 Å². The number of rotatable bonds is 11. The molecule has 41 heavy (non-hydrogen) atoms. The van der Waals surface area contributed by atoms with Gasteiger partial charge in [0.2, 0.25) is 0 Å². The van der Waals surface area contributed by atoms with E-state index in [1.54, 1.807) is 67.8 Å². The highest BCUT2D eigenvalue weighted by atomic mass is 19.1. The number of para-hydroxylation sites is 2. The first-order chi connectivity index (χ1) is 19.9. The topological polar surface area (TPSA) is 102 Å². The summed E-state index contributed by atoms with van der Waals surface area (Å²) in [6.07, 6.45) is 0.224. The lowest BCUT2D eigenvalue weighted by Gasteiger charge is -2.28. The van der Waals surface area contributed by atoms with Crippen molar-refractivity contribution in [1.82, 2.24) is 9.91 Å². The Kier molecular flexibility index (Phi) is 9.75. The van der Waals surface area contributed by atoms with Gasteiger partial charge in [0.25, 0.3) is 5.91 Å². The zero-order valence-corrected chi connectivity index (χ0v) is 23.4. The molecule has 1 N–H and O–H groups in total. The van der Waals surface area contributed by atoms with Gasteiger partial charge >= 0.3 is 6.03 Å². The molecule has 0 unspecified atom stereocenters. The molecule has 3 amide bonds. The first kappa shape index (κ1) is 29.3. The van der Waals surface area contributed by atoms with Gasteiger partial charge < -0.3 is 29.2 Å². The number of anilines is 1. The lowest BCUT2D eigenvalue weighted by atomic mass is 9.97. The summed E-state index contributed by atoms with van der Waals surface area (Å²) in [5.41, 5.74) is 1.78. The van der Waals surface area contributed by atoms with E-state index in [0.29, 0.717) is 39.8 Å². The Hall–Kier alpha value is -4.64. The largest absolute Gasteiger partial charge is 0.497 e. The first-order valence-electron chi connectivity index (χ1n) is 12.9. The molecule has 0 saturated carbocycles. The van der Waals surface area contributed by atoms with Gasteiger partial charge in [-0.05, 0) is 36.4 Å². The monoisotopic (exact) mass is 564 g/mol.